The SMILES string of the molecule is COc1ccc(Cl)cc1S(=O)(=O)Nc1cc(OC)c(OC)c(OC)c1. The molecule has 9 heteroatoms. The highest BCUT2D eigenvalue weighted by molar-refractivity contribution is 7.92. The van der Waals surface area contributed by atoms with Crippen LogP contribution in [0.4, 0.5) is 5.69 Å². The number of nitrogens with one attached hydrogen (secondary N) is 1. The molecule has 7 nitrogen and oxygen atoms in total. The molecule has 0 aliphatic heterocycles. The molecule has 0 bridgehead atoms. The third kappa shape index (κ3) is 4.02. The standard InChI is InChI=1S/C16H18ClNO6S/c1-21-12-6-5-10(17)7-15(12)25(19,20)18-11-8-13(22-2)16(24-4)14(9-11)23-3/h5-9,18H,1-4H3. The molecule has 1 N–H and O–H groups in total. The van der Waals surface area contributed by atoms with Crippen molar-refractivity contribution in [3.8, 4) is 23.0 Å². The van der Waals surface area contributed by atoms with Gasteiger partial charge in [0.2, 0.25) is 5.75 Å². The van der Waals surface area contributed by atoms with Gasteiger partial charge in [0.25, 0.3) is 10.0 Å². The number of halogens is 1. The van der Waals surface area contributed by atoms with Crippen LogP contribution in [0.3, 0.4) is 0 Å². The number of benzene rings is 2. The lowest BCUT2D eigenvalue weighted by atomic mass is 10.2. The Morgan fingerprint density at radius 3 is 1.88 bits per heavy atom. The van der Waals surface area contributed by atoms with Gasteiger partial charge in [-0.25, -0.2) is 8.42 Å². The maximum Gasteiger partial charge on any atom is 0.265 e. The number of ether oxygens (including phenoxy) is 4. The Bertz CT molecular complexity index is 844. The quantitative estimate of drug-likeness (QED) is 0.785. The van der Waals surface area contributed by atoms with Crippen LogP contribution in [0.2, 0.25) is 5.02 Å². The molecule has 0 spiro atoms. The first-order valence-electron chi connectivity index (χ1n) is 7.02. The van der Waals surface area contributed by atoms with Gasteiger partial charge in [-0.3, -0.25) is 4.72 Å². The van der Waals surface area contributed by atoms with Crippen molar-refractivity contribution < 1.29 is 27.4 Å². The molecule has 2 aromatic rings. The van der Waals surface area contributed by atoms with E-state index in [4.69, 9.17) is 30.5 Å². The normalized spacial score (nSPS) is 10.9. The van der Waals surface area contributed by atoms with Gasteiger partial charge < -0.3 is 18.9 Å². The number of anilines is 1. The molecule has 2 aromatic carbocycles. The fourth-order valence-corrected chi connectivity index (χ4v) is 3.68. The number of methoxy groups -OCH3 is 4. The molecule has 136 valence electrons. The molecule has 0 fully saturated rings. The van der Waals surface area contributed by atoms with Gasteiger partial charge in [0, 0.05) is 17.2 Å². The Morgan fingerprint density at radius 2 is 1.40 bits per heavy atom. The fourth-order valence-electron chi connectivity index (χ4n) is 2.21. The Labute approximate surface area is 151 Å². The summed E-state index contributed by atoms with van der Waals surface area (Å²) in [5.41, 5.74) is 0.233. The molecule has 0 atom stereocenters. The van der Waals surface area contributed by atoms with E-state index in [-0.39, 0.29) is 21.4 Å². The van der Waals surface area contributed by atoms with Crippen molar-refractivity contribution in [3.63, 3.8) is 0 Å². The first-order valence-corrected chi connectivity index (χ1v) is 8.88. The minimum Gasteiger partial charge on any atom is -0.495 e. The van der Waals surface area contributed by atoms with Crippen molar-refractivity contribution in [2.45, 2.75) is 4.90 Å². The van der Waals surface area contributed by atoms with Gasteiger partial charge in [0.1, 0.15) is 10.6 Å². The highest BCUT2D eigenvalue weighted by Gasteiger charge is 2.22. The van der Waals surface area contributed by atoms with Crippen molar-refractivity contribution in [1.29, 1.82) is 0 Å². The molecule has 0 radical (unpaired) electrons. The first-order chi connectivity index (χ1) is 11.9. The van der Waals surface area contributed by atoms with E-state index in [9.17, 15) is 8.42 Å². The zero-order valence-electron chi connectivity index (χ0n) is 14.1. The summed E-state index contributed by atoms with van der Waals surface area (Å²) in [6, 6.07) is 7.29. The van der Waals surface area contributed by atoms with Gasteiger partial charge in [0.15, 0.2) is 11.5 Å². The molecule has 0 aliphatic carbocycles. The largest absolute Gasteiger partial charge is 0.495 e. The van der Waals surface area contributed by atoms with Gasteiger partial charge in [-0.2, -0.15) is 0 Å². The molecule has 0 saturated heterocycles. The van der Waals surface area contributed by atoms with E-state index in [2.05, 4.69) is 4.72 Å². The maximum absolute atomic E-state index is 12.7. The van der Waals surface area contributed by atoms with E-state index in [1.54, 1.807) is 6.07 Å². The summed E-state index contributed by atoms with van der Waals surface area (Å²) in [7, 11) is 1.76. The lowest BCUT2D eigenvalue weighted by Crippen LogP contribution is -2.14. The van der Waals surface area contributed by atoms with Gasteiger partial charge in [-0.1, -0.05) is 11.6 Å². The summed E-state index contributed by atoms with van der Waals surface area (Å²) in [6.07, 6.45) is 0. The lowest BCUT2D eigenvalue weighted by molar-refractivity contribution is 0.324. The zero-order chi connectivity index (χ0) is 18.6. The fraction of sp³-hybridized carbons (Fsp3) is 0.250. The first kappa shape index (κ1) is 19.0. The van der Waals surface area contributed by atoms with Crippen LogP contribution in [0.15, 0.2) is 35.2 Å². The van der Waals surface area contributed by atoms with Crippen molar-refractivity contribution in [2.24, 2.45) is 0 Å². The van der Waals surface area contributed by atoms with Crippen molar-refractivity contribution in [3.05, 3.63) is 35.4 Å². The van der Waals surface area contributed by atoms with Gasteiger partial charge in [0.05, 0.1) is 34.1 Å². The third-order valence-corrected chi connectivity index (χ3v) is 4.97. The molecule has 0 heterocycles. The summed E-state index contributed by atoms with van der Waals surface area (Å²) in [4.78, 5) is -0.0868. The highest BCUT2D eigenvalue weighted by atomic mass is 35.5. The van der Waals surface area contributed by atoms with Crippen molar-refractivity contribution in [1.82, 2.24) is 0 Å². The second-order valence-corrected chi connectivity index (χ2v) is 6.90. The molecule has 2 rings (SSSR count). The van der Waals surface area contributed by atoms with Crippen LogP contribution in [-0.2, 0) is 10.0 Å². The molecule has 0 amide bonds. The molecule has 0 unspecified atom stereocenters. The van der Waals surface area contributed by atoms with Crippen LogP contribution in [0.5, 0.6) is 23.0 Å². The smallest absolute Gasteiger partial charge is 0.265 e. The Morgan fingerprint density at radius 1 is 0.840 bits per heavy atom. The number of hydrogen-bond donors (Lipinski definition) is 1. The molecule has 0 saturated carbocycles. The molecule has 25 heavy (non-hydrogen) atoms. The van der Waals surface area contributed by atoms with Crippen LogP contribution in [0, 0.1) is 0 Å². The van der Waals surface area contributed by atoms with Gasteiger partial charge in [-0.15, -0.1) is 0 Å². The minimum atomic E-state index is -3.96. The topological polar surface area (TPSA) is 83.1 Å². The summed E-state index contributed by atoms with van der Waals surface area (Å²) < 4.78 is 48.7. The molecule has 0 aromatic heterocycles. The number of hydrogen-bond acceptors (Lipinski definition) is 6. The van der Waals surface area contributed by atoms with Crippen molar-refractivity contribution >= 4 is 27.3 Å². The van der Waals surface area contributed by atoms with E-state index in [1.165, 1.54) is 52.7 Å². The predicted octanol–water partition coefficient (Wildman–Crippen LogP) is 3.18. The highest BCUT2D eigenvalue weighted by Crippen LogP contribution is 2.40. The second kappa shape index (κ2) is 7.71. The molecule has 0 aliphatic rings. The number of rotatable bonds is 7. The van der Waals surface area contributed by atoms with Crippen LogP contribution in [-0.4, -0.2) is 36.9 Å². The van der Waals surface area contributed by atoms with Crippen LogP contribution in [0.25, 0.3) is 0 Å². The monoisotopic (exact) mass is 387 g/mol. The minimum absolute atomic E-state index is 0.0868. The third-order valence-electron chi connectivity index (χ3n) is 3.33. The van der Waals surface area contributed by atoms with Crippen LogP contribution < -0.4 is 23.7 Å². The number of sulfonamides is 1. The lowest BCUT2D eigenvalue weighted by Gasteiger charge is -2.16. The second-order valence-electron chi connectivity index (χ2n) is 4.81. The van der Waals surface area contributed by atoms with Crippen LogP contribution in [0.1, 0.15) is 0 Å². The van der Waals surface area contributed by atoms with E-state index in [1.807, 2.05) is 0 Å². The molecular weight excluding hydrogens is 370 g/mol. The summed E-state index contributed by atoms with van der Waals surface area (Å²) in [5, 5.41) is 0.270. The predicted molar refractivity (Wildman–Crippen MR) is 94.9 cm³/mol. The summed E-state index contributed by atoms with van der Waals surface area (Å²) in [6.45, 7) is 0. The van der Waals surface area contributed by atoms with Gasteiger partial charge in [-0.05, 0) is 18.2 Å². The Kier molecular flexibility index (Phi) is 5.86. The Hall–Kier alpha value is -2.32. The Balaban J connectivity index is 2.50. The van der Waals surface area contributed by atoms with E-state index < -0.39 is 10.0 Å². The maximum atomic E-state index is 12.7. The summed E-state index contributed by atoms with van der Waals surface area (Å²) >= 11 is 5.91. The van der Waals surface area contributed by atoms with E-state index in [0.29, 0.717) is 17.2 Å². The molecular formula is C16H18ClNO6S. The van der Waals surface area contributed by atoms with Gasteiger partial charge >= 0.3 is 0 Å². The average molecular weight is 388 g/mol. The van der Waals surface area contributed by atoms with Crippen molar-refractivity contribution in [2.75, 3.05) is 33.2 Å². The van der Waals surface area contributed by atoms with Crippen LogP contribution >= 0.6 is 11.6 Å². The zero-order valence-corrected chi connectivity index (χ0v) is 15.7. The summed E-state index contributed by atoms with van der Waals surface area (Å²) in [5.74, 6) is 1.16. The van der Waals surface area contributed by atoms with E-state index in [0.717, 1.165) is 0 Å². The van der Waals surface area contributed by atoms with E-state index >= 15 is 0 Å². The average Bonchev–Trinajstić information content (AvgIpc) is 2.60.